The van der Waals surface area contributed by atoms with E-state index in [1.54, 1.807) is 12.5 Å². The van der Waals surface area contributed by atoms with Crippen molar-refractivity contribution in [2.75, 3.05) is 0 Å². The first-order valence-electron chi connectivity index (χ1n) is 6.05. The van der Waals surface area contributed by atoms with Gasteiger partial charge in [0, 0.05) is 19.2 Å². The molecule has 4 heteroatoms. The first-order valence-corrected chi connectivity index (χ1v) is 6.05. The number of carbonyl (C=O) groups is 1. The molecule has 2 aromatic rings. The van der Waals surface area contributed by atoms with Gasteiger partial charge in [-0.25, -0.2) is 0 Å². The Morgan fingerprint density at radius 2 is 2.33 bits per heavy atom. The predicted molar refractivity (Wildman–Crippen MR) is 68.7 cm³/mol. The highest BCUT2D eigenvalue weighted by molar-refractivity contribution is 5.75. The highest BCUT2D eigenvalue weighted by Crippen LogP contribution is 2.17. The summed E-state index contributed by atoms with van der Waals surface area (Å²) >= 11 is 0. The number of hydrogen-bond donors (Lipinski definition) is 1. The fourth-order valence-corrected chi connectivity index (χ4v) is 1.66. The molecule has 0 aliphatic rings. The minimum Gasteiger partial charge on any atom is -0.463 e. The van der Waals surface area contributed by atoms with E-state index in [-0.39, 0.29) is 5.91 Å². The topological polar surface area (TPSA) is 55.1 Å². The van der Waals surface area contributed by atoms with Crippen molar-refractivity contribution >= 4 is 5.91 Å². The number of hydrogen-bond acceptors (Lipinski definition) is 3. The molecule has 2 heterocycles. The zero-order valence-electron chi connectivity index (χ0n) is 10.3. The van der Waals surface area contributed by atoms with Gasteiger partial charge in [0.05, 0.1) is 6.26 Å². The van der Waals surface area contributed by atoms with Gasteiger partial charge in [-0.3, -0.25) is 9.78 Å². The van der Waals surface area contributed by atoms with Crippen LogP contribution in [0.25, 0.3) is 11.5 Å². The average Bonchev–Trinajstić information content (AvgIpc) is 2.91. The van der Waals surface area contributed by atoms with Crippen molar-refractivity contribution < 1.29 is 9.21 Å². The number of aromatic nitrogens is 1. The quantitative estimate of drug-likeness (QED) is 0.879. The first-order chi connectivity index (χ1) is 8.79. The monoisotopic (exact) mass is 244 g/mol. The summed E-state index contributed by atoms with van der Waals surface area (Å²) < 4.78 is 5.29. The number of carbonyl (C=O) groups excluding carboxylic acids is 1. The third-order valence-corrected chi connectivity index (χ3v) is 2.56. The number of rotatable bonds is 5. The Bertz CT molecular complexity index is 506. The van der Waals surface area contributed by atoms with Crippen LogP contribution >= 0.6 is 0 Å². The molecule has 2 rings (SSSR count). The van der Waals surface area contributed by atoms with Crippen molar-refractivity contribution in [3.05, 3.63) is 42.3 Å². The Kier molecular flexibility index (Phi) is 4.12. The largest absolute Gasteiger partial charge is 0.463 e. The van der Waals surface area contributed by atoms with E-state index in [0.29, 0.717) is 13.0 Å². The molecule has 2 aromatic heterocycles. The molecule has 0 fully saturated rings. The van der Waals surface area contributed by atoms with Gasteiger partial charge >= 0.3 is 0 Å². The first kappa shape index (κ1) is 12.4. The van der Waals surface area contributed by atoms with Crippen LogP contribution in [0.5, 0.6) is 0 Å². The van der Waals surface area contributed by atoms with Gasteiger partial charge in [-0.1, -0.05) is 6.92 Å². The summed E-state index contributed by atoms with van der Waals surface area (Å²) in [5, 5.41) is 2.88. The van der Waals surface area contributed by atoms with Gasteiger partial charge < -0.3 is 9.73 Å². The molecule has 0 saturated carbocycles. The van der Waals surface area contributed by atoms with Gasteiger partial charge in [0.2, 0.25) is 5.91 Å². The Balaban J connectivity index is 2.02. The van der Waals surface area contributed by atoms with E-state index in [0.717, 1.165) is 23.4 Å². The number of amides is 1. The van der Waals surface area contributed by atoms with Crippen LogP contribution in [-0.2, 0) is 11.3 Å². The summed E-state index contributed by atoms with van der Waals surface area (Å²) in [4.78, 5) is 15.6. The molecule has 1 amide bonds. The van der Waals surface area contributed by atoms with E-state index in [4.69, 9.17) is 4.42 Å². The highest BCUT2D eigenvalue weighted by atomic mass is 16.3. The molecule has 0 spiro atoms. The van der Waals surface area contributed by atoms with Gasteiger partial charge in [0.1, 0.15) is 5.69 Å². The van der Waals surface area contributed by atoms with Gasteiger partial charge in [-0.05, 0) is 36.2 Å². The van der Waals surface area contributed by atoms with Crippen LogP contribution in [0.1, 0.15) is 25.3 Å². The molecule has 0 radical (unpaired) electrons. The molecule has 0 atom stereocenters. The van der Waals surface area contributed by atoms with Crippen LogP contribution in [0.3, 0.4) is 0 Å². The average molecular weight is 244 g/mol. The summed E-state index contributed by atoms with van der Waals surface area (Å²) in [6.07, 6.45) is 4.77. The second-order valence-corrected chi connectivity index (χ2v) is 4.05. The maximum absolute atomic E-state index is 11.4. The highest BCUT2D eigenvalue weighted by Gasteiger charge is 2.04. The molecule has 0 aliphatic heterocycles. The smallest absolute Gasteiger partial charge is 0.220 e. The maximum Gasteiger partial charge on any atom is 0.220 e. The summed E-state index contributed by atoms with van der Waals surface area (Å²) in [6.45, 7) is 2.51. The second kappa shape index (κ2) is 6.00. The fourth-order valence-electron chi connectivity index (χ4n) is 1.66. The lowest BCUT2D eigenvalue weighted by molar-refractivity contribution is -0.121. The third kappa shape index (κ3) is 3.20. The molecule has 0 aromatic carbocycles. The molecule has 0 aliphatic carbocycles. The normalized spacial score (nSPS) is 10.3. The lowest BCUT2D eigenvalue weighted by atomic mass is 10.2. The zero-order valence-corrected chi connectivity index (χ0v) is 10.3. The Morgan fingerprint density at radius 3 is 3.06 bits per heavy atom. The van der Waals surface area contributed by atoms with E-state index in [2.05, 4.69) is 10.3 Å². The molecular formula is C14H16N2O2. The Hall–Kier alpha value is -2.10. The van der Waals surface area contributed by atoms with E-state index in [1.165, 1.54) is 0 Å². The molecular weight excluding hydrogens is 228 g/mol. The minimum atomic E-state index is 0.0776. The molecule has 0 unspecified atom stereocenters. The van der Waals surface area contributed by atoms with E-state index >= 15 is 0 Å². The Morgan fingerprint density at radius 1 is 1.44 bits per heavy atom. The molecule has 0 bridgehead atoms. The number of nitrogens with zero attached hydrogens (tertiary/aromatic N) is 1. The van der Waals surface area contributed by atoms with Crippen molar-refractivity contribution in [1.82, 2.24) is 10.3 Å². The SMILES string of the molecule is CCCC(=O)NCc1ccnc(-c2ccco2)c1. The van der Waals surface area contributed by atoms with Crippen LogP contribution in [0.2, 0.25) is 0 Å². The van der Waals surface area contributed by atoms with Crippen molar-refractivity contribution in [3.63, 3.8) is 0 Å². The summed E-state index contributed by atoms with van der Waals surface area (Å²) in [5.74, 6) is 0.811. The maximum atomic E-state index is 11.4. The summed E-state index contributed by atoms with van der Waals surface area (Å²) in [5.41, 5.74) is 1.79. The van der Waals surface area contributed by atoms with Gasteiger partial charge in [0.25, 0.3) is 0 Å². The van der Waals surface area contributed by atoms with Gasteiger partial charge in [-0.15, -0.1) is 0 Å². The van der Waals surface area contributed by atoms with E-state index < -0.39 is 0 Å². The molecule has 18 heavy (non-hydrogen) atoms. The van der Waals surface area contributed by atoms with Crippen molar-refractivity contribution in [3.8, 4) is 11.5 Å². The molecule has 94 valence electrons. The second-order valence-electron chi connectivity index (χ2n) is 4.05. The van der Waals surface area contributed by atoms with E-state index in [9.17, 15) is 4.79 Å². The molecule has 1 N–H and O–H groups in total. The van der Waals surface area contributed by atoms with Crippen molar-refractivity contribution in [2.45, 2.75) is 26.3 Å². The van der Waals surface area contributed by atoms with Crippen LogP contribution in [0.15, 0.2) is 41.1 Å². The van der Waals surface area contributed by atoms with Crippen LogP contribution in [0.4, 0.5) is 0 Å². The standard InChI is InChI=1S/C14H16N2O2/c1-2-4-14(17)16-10-11-6-7-15-12(9-11)13-5-3-8-18-13/h3,5-9H,2,4,10H2,1H3,(H,16,17). The number of pyridine rings is 1. The number of furan rings is 1. The lowest BCUT2D eigenvalue weighted by Crippen LogP contribution is -2.22. The summed E-state index contributed by atoms with van der Waals surface area (Å²) in [7, 11) is 0. The van der Waals surface area contributed by atoms with Crippen LogP contribution < -0.4 is 5.32 Å². The molecule has 0 saturated heterocycles. The minimum absolute atomic E-state index is 0.0776. The number of nitrogens with one attached hydrogen (secondary N) is 1. The van der Waals surface area contributed by atoms with Crippen molar-refractivity contribution in [2.24, 2.45) is 0 Å². The summed E-state index contributed by atoms with van der Waals surface area (Å²) in [6, 6.07) is 7.50. The van der Waals surface area contributed by atoms with Gasteiger partial charge in [0.15, 0.2) is 5.76 Å². The molecule has 4 nitrogen and oxygen atoms in total. The van der Waals surface area contributed by atoms with E-state index in [1.807, 2.05) is 31.2 Å². The van der Waals surface area contributed by atoms with Crippen LogP contribution in [0, 0.1) is 0 Å². The van der Waals surface area contributed by atoms with Crippen LogP contribution in [-0.4, -0.2) is 10.9 Å². The third-order valence-electron chi connectivity index (χ3n) is 2.56. The lowest BCUT2D eigenvalue weighted by Gasteiger charge is -2.05. The zero-order chi connectivity index (χ0) is 12.8. The van der Waals surface area contributed by atoms with Crippen molar-refractivity contribution in [1.29, 1.82) is 0 Å². The van der Waals surface area contributed by atoms with Gasteiger partial charge in [-0.2, -0.15) is 0 Å². The Labute approximate surface area is 106 Å². The fraction of sp³-hybridized carbons (Fsp3) is 0.286. The predicted octanol–water partition coefficient (Wildman–Crippen LogP) is 2.76.